The second-order valence-corrected chi connectivity index (χ2v) is 4.19. The SMILES string of the molecule is NCc1ccccc1-n1cc2cccc(N)c2n1. The Morgan fingerprint density at radius 3 is 2.67 bits per heavy atom. The molecule has 0 saturated carbocycles. The molecule has 3 rings (SSSR count). The number of nitrogens with two attached hydrogens (primary N) is 2. The van der Waals surface area contributed by atoms with Crippen LogP contribution in [0.15, 0.2) is 48.7 Å². The first-order valence-corrected chi connectivity index (χ1v) is 5.82. The van der Waals surface area contributed by atoms with Gasteiger partial charge in [0.1, 0.15) is 5.52 Å². The van der Waals surface area contributed by atoms with E-state index in [1.807, 2.05) is 53.3 Å². The quantitative estimate of drug-likeness (QED) is 0.671. The number of para-hydroxylation sites is 1. The summed E-state index contributed by atoms with van der Waals surface area (Å²) in [7, 11) is 0. The van der Waals surface area contributed by atoms with Crippen molar-refractivity contribution in [2.45, 2.75) is 6.54 Å². The van der Waals surface area contributed by atoms with E-state index in [9.17, 15) is 0 Å². The Labute approximate surface area is 105 Å². The third-order valence-electron chi connectivity index (χ3n) is 3.03. The molecule has 0 radical (unpaired) electrons. The van der Waals surface area contributed by atoms with E-state index in [-0.39, 0.29) is 0 Å². The van der Waals surface area contributed by atoms with Gasteiger partial charge in [-0.05, 0) is 17.7 Å². The largest absolute Gasteiger partial charge is 0.397 e. The molecule has 0 aliphatic carbocycles. The van der Waals surface area contributed by atoms with Gasteiger partial charge in [-0.15, -0.1) is 0 Å². The lowest BCUT2D eigenvalue weighted by Gasteiger charge is -2.06. The molecule has 4 nitrogen and oxygen atoms in total. The number of benzene rings is 2. The third kappa shape index (κ3) is 1.63. The van der Waals surface area contributed by atoms with Gasteiger partial charge in [0.25, 0.3) is 0 Å². The van der Waals surface area contributed by atoms with Gasteiger partial charge < -0.3 is 11.5 Å². The monoisotopic (exact) mass is 238 g/mol. The second kappa shape index (κ2) is 4.16. The molecule has 2 aromatic carbocycles. The zero-order valence-electron chi connectivity index (χ0n) is 9.88. The van der Waals surface area contributed by atoms with Crippen LogP contribution in [0.3, 0.4) is 0 Å². The summed E-state index contributed by atoms with van der Waals surface area (Å²) in [4.78, 5) is 0. The number of fused-ring (bicyclic) bond motifs is 1. The lowest BCUT2D eigenvalue weighted by Crippen LogP contribution is -2.04. The van der Waals surface area contributed by atoms with Crippen LogP contribution in [0.4, 0.5) is 5.69 Å². The van der Waals surface area contributed by atoms with Crippen molar-refractivity contribution in [3.05, 3.63) is 54.2 Å². The highest BCUT2D eigenvalue weighted by Gasteiger charge is 2.07. The summed E-state index contributed by atoms with van der Waals surface area (Å²) < 4.78 is 1.84. The Balaban J connectivity index is 2.23. The van der Waals surface area contributed by atoms with E-state index in [4.69, 9.17) is 11.5 Å². The third-order valence-corrected chi connectivity index (χ3v) is 3.03. The molecule has 18 heavy (non-hydrogen) atoms. The normalized spacial score (nSPS) is 10.9. The maximum atomic E-state index is 5.92. The summed E-state index contributed by atoms with van der Waals surface area (Å²) in [5, 5.41) is 5.56. The highest BCUT2D eigenvalue weighted by molar-refractivity contribution is 5.89. The molecule has 0 bridgehead atoms. The summed E-state index contributed by atoms with van der Waals surface area (Å²) in [6.07, 6.45) is 1.97. The zero-order chi connectivity index (χ0) is 12.5. The number of hydrogen-bond donors (Lipinski definition) is 2. The van der Waals surface area contributed by atoms with Gasteiger partial charge in [0.05, 0.1) is 11.4 Å². The predicted molar refractivity (Wildman–Crippen MR) is 73.4 cm³/mol. The number of anilines is 1. The van der Waals surface area contributed by atoms with Crippen LogP contribution in [-0.2, 0) is 6.54 Å². The topological polar surface area (TPSA) is 69.9 Å². The van der Waals surface area contributed by atoms with Crippen LogP contribution in [0.2, 0.25) is 0 Å². The molecule has 0 unspecified atom stereocenters. The molecule has 0 saturated heterocycles. The number of nitrogens with zero attached hydrogens (tertiary/aromatic N) is 2. The first-order valence-electron chi connectivity index (χ1n) is 5.82. The van der Waals surface area contributed by atoms with Crippen LogP contribution in [0, 0.1) is 0 Å². The Morgan fingerprint density at radius 1 is 1.06 bits per heavy atom. The smallest absolute Gasteiger partial charge is 0.116 e. The summed E-state index contributed by atoms with van der Waals surface area (Å²) in [6, 6.07) is 13.7. The van der Waals surface area contributed by atoms with Gasteiger partial charge in [-0.3, -0.25) is 0 Å². The van der Waals surface area contributed by atoms with Gasteiger partial charge in [0.2, 0.25) is 0 Å². The van der Waals surface area contributed by atoms with Crippen molar-refractivity contribution >= 4 is 16.6 Å². The summed E-state index contributed by atoms with van der Waals surface area (Å²) in [5.41, 5.74) is 15.2. The Kier molecular flexibility index (Phi) is 2.50. The molecular formula is C14H14N4. The van der Waals surface area contributed by atoms with Crippen molar-refractivity contribution in [1.82, 2.24) is 9.78 Å². The van der Waals surface area contributed by atoms with E-state index in [1.165, 1.54) is 0 Å². The van der Waals surface area contributed by atoms with Crippen molar-refractivity contribution in [2.24, 2.45) is 5.73 Å². The van der Waals surface area contributed by atoms with Crippen molar-refractivity contribution in [3.8, 4) is 5.69 Å². The highest BCUT2D eigenvalue weighted by Crippen LogP contribution is 2.22. The molecule has 1 aromatic heterocycles. The number of nitrogen functional groups attached to an aromatic ring is 1. The number of hydrogen-bond acceptors (Lipinski definition) is 3. The highest BCUT2D eigenvalue weighted by atomic mass is 15.3. The minimum Gasteiger partial charge on any atom is -0.397 e. The van der Waals surface area contributed by atoms with Crippen LogP contribution < -0.4 is 11.5 Å². The fraction of sp³-hybridized carbons (Fsp3) is 0.0714. The van der Waals surface area contributed by atoms with Crippen LogP contribution in [0.1, 0.15) is 5.56 Å². The fourth-order valence-electron chi connectivity index (χ4n) is 2.10. The van der Waals surface area contributed by atoms with Gasteiger partial charge in [-0.25, -0.2) is 4.68 Å². The molecule has 0 fully saturated rings. The van der Waals surface area contributed by atoms with Crippen molar-refractivity contribution in [1.29, 1.82) is 0 Å². The van der Waals surface area contributed by atoms with E-state index in [2.05, 4.69) is 5.10 Å². The predicted octanol–water partition coefficient (Wildman–Crippen LogP) is 2.07. The van der Waals surface area contributed by atoms with Crippen LogP contribution >= 0.6 is 0 Å². The first-order chi connectivity index (χ1) is 8.79. The van der Waals surface area contributed by atoms with Crippen molar-refractivity contribution < 1.29 is 0 Å². The fourth-order valence-corrected chi connectivity index (χ4v) is 2.10. The van der Waals surface area contributed by atoms with Crippen LogP contribution in [0.5, 0.6) is 0 Å². The number of rotatable bonds is 2. The molecule has 1 heterocycles. The lowest BCUT2D eigenvalue weighted by molar-refractivity contribution is 0.872. The molecule has 0 aliphatic rings. The number of aromatic nitrogens is 2. The maximum Gasteiger partial charge on any atom is 0.116 e. The van der Waals surface area contributed by atoms with E-state index in [1.54, 1.807) is 0 Å². The second-order valence-electron chi connectivity index (χ2n) is 4.19. The summed E-state index contributed by atoms with van der Waals surface area (Å²) >= 11 is 0. The van der Waals surface area contributed by atoms with Gasteiger partial charge in [0, 0.05) is 18.1 Å². The molecule has 0 amide bonds. The lowest BCUT2D eigenvalue weighted by atomic mass is 10.2. The molecule has 0 spiro atoms. The molecule has 90 valence electrons. The van der Waals surface area contributed by atoms with Gasteiger partial charge in [-0.1, -0.05) is 30.3 Å². The Bertz CT molecular complexity index is 700. The van der Waals surface area contributed by atoms with E-state index >= 15 is 0 Å². The van der Waals surface area contributed by atoms with E-state index < -0.39 is 0 Å². The molecule has 3 aromatic rings. The van der Waals surface area contributed by atoms with Gasteiger partial charge >= 0.3 is 0 Å². The molecule has 0 aliphatic heterocycles. The van der Waals surface area contributed by atoms with E-state index in [0.29, 0.717) is 12.2 Å². The molecular weight excluding hydrogens is 224 g/mol. The van der Waals surface area contributed by atoms with Gasteiger partial charge in [0.15, 0.2) is 0 Å². The zero-order valence-corrected chi connectivity index (χ0v) is 9.88. The summed E-state index contributed by atoms with van der Waals surface area (Å²) in [6.45, 7) is 0.488. The average molecular weight is 238 g/mol. The maximum absolute atomic E-state index is 5.92. The molecule has 4 heteroatoms. The summed E-state index contributed by atoms with van der Waals surface area (Å²) in [5.74, 6) is 0. The van der Waals surface area contributed by atoms with Crippen LogP contribution in [0.25, 0.3) is 16.6 Å². The Morgan fingerprint density at radius 2 is 1.89 bits per heavy atom. The van der Waals surface area contributed by atoms with Crippen molar-refractivity contribution in [3.63, 3.8) is 0 Å². The minimum absolute atomic E-state index is 0.488. The minimum atomic E-state index is 0.488. The molecule has 4 N–H and O–H groups in total. The van der Waals surface area contributed by atoms with Crippen molar-refractivity contribution in [2.75, 3.05) is 5.73 Å². The van der Waals surface area contributed by atoms with E-state index in [0.717, 1.165) is 22.2 Å². The standard InChI is InChI=1S/C14H14N4/c15-8-10-4-1-2-7-13(10)18-9-11-5-3-6-12(16)14(11)17-18/h1-7,9H,8,15-16H2. The Hall–Kier alpha value is -2.33. The average Bonchev–Trinajstić information content (AvgIpc) is 2.84. The first kappa shape index (κ1) is 10.8. The molecule has 0 atom stereocenters. The van der Waals surface area contributed by atoms with Crippen LogP contribution in [-0.4, -0.2) is 9.78 Å². The van der Waals surface area contributed by atoms with Gasteiger partial charge in [-0.2, -0.15) is 5.10 Å².